The van der Waals surface area contributed by atoms with Gasteiger partial charge in [-0.1, -0.05) is 25.5 Å². The number of aliphatic carboxylic acids is 1. The second-order valence-corrected chi connectivity index (χ2v) is 5.27. The Balaban J connectivity index is 1.93. The van der Waals surface area contributed by atoms with Gasteiger partial charge < -0.3 is 9.84 Å². The Labute approximate surface area is 136 Å². The first-order chi connectivity index (χ1) is 11.2. The highest BCUT2D eigenvalue weighted by atomic mass is 16.5. The smallest absolute Gasteiger partial charge is 0.307 e. The molecule has 23 heavy (non-hydrogen) atoms. The molecule has 0 heterocycles. The molecule has 0 aliphatic carbocycles. The van der Waals surface area contributed by atoms with Crippen molar-refractivity contribution in [1.29, 1.82) is 0 Å². The molecular formula is C19H21NO3. The molecule has 1 N–H and O–H groups in total. The van der Waals surface area contributed by atoms with Crippen molar-refractivity contribution in [2.45, 2.75) is 26.2 Å². The lowest BCUT2D eigenvalue weighted by Gasteiger charge is -2.04. The molecule has 0 saturated heterocycles. The van der Waals surface area contributed by atoms with E-state index in [0.717, 1.165) is 42.0 Å². The normalized spacial score (nSPS) is 10.8. The van der Waals surface area contributed by atoms with Crippen LogP contribution in [0.5, 0.6) is 5.75 Å². The van der Waals surface area contributed by atoms with Crippen LogP contribution in [0.1, 0.15) is 30.9 Å². The van der Waals surface area contributed by atoms with Crippen molar-refractivity contribution in [1.82, 2.24) is 0 Å². The van der Waals surface area contributed by atoms with E-state index in [1.165, 1.54) is 0 Å². The van der Waals surface area contributed by atoms with Crippen molar-refractivity contribution in [3.63, 3.8) is 0 Å². The third-order valence-electron chi connectivity index (χ3n) is 3.30. The Morgan fingerprint density at radius 1 is 1.13 bits per heavy atom. The number of nitrogens with zero attached hydrogens (tertiary/aromatic N) is 1. The molecule has 0 fully saturated rings. The van der Waals surface area contributed by atoms with Crippen LogP contribution in [0.3, 0.4) is 0 Å². The minimum atomic E-state index is -0.831. The number of carboxylic acid groups (broad SMARTS) is 1. The molecule has 120 valence electrons. The summed E-state index contributed by atoms with van der Waals surface area (Å²) in [7, 11) is 0. The standard InChI is InChI=1S/C19H21NO3/c1-2-3-12-23-18-10-6-16(7-11-18)14-20-17-8-4-15(5-9-17)13-19(21)22/h4-11,14H,2-3,12-13H2,1H3,(H,21,22)/b20-14+. The lowest BCUT2D eigenvalue weighted by molar-refractivity contribution is -0.136. The number of carbonyl (C=O) groups is 1. The first kappa shape index (κ1) is 16.7. The molecule has 0 radical (unpaired) electrons. The molecule has 0 unspecified atom stereocenters. The lowest BCUT2D eigenvalue weighted by atomic mass is 10.1. The average Bonchev–Trinajstić information content (AvgIpc) is 2.55. The van der Waals surface area contributed by atoms with Crippen LogP contribution in [0.25, 0.3) is 0 Å². The molecule has 0 bridgehead atoms. The first-order valence-electron chi connectivity index (χ1n) is 7.75. The number of hydrogen-bond acceptors (Lipinski definition) is 3. The van der Waals surface area contributed by atoms with E-state index < -0.39 is 5.97 Å². The van der Waals surface area contributed by atoms with Gasteiger partial charge in [-0.25, -0.2) is 0 Å². The number of benzene rings is 2. The third-order valence-corrected chi connectivity index (χ3v) is 3.30. The second-order valence-electron chi connectivity index (χ2n) is 5.27. The summed E-state index contributed by atoms with van der Waals surface area (Å²) in [5, 5.41) is 8.74. The predicted octanol–water partition coefficient (Wildman–Crippen LogP) is 4.24. The first-order valence-corrected chi connectivity index (χ1v) is 7.75. The Morgan fingerprint density at radius 2 is 1.83 bits per heavy atom. The quantitative estimate of drug-likeness (QED) is 0.586. The van der Waals surface area contributed by atoms with E-state index in [4.69, 9.17) is 9.84 Å². The highest BCUT2D eigenvalue weighted by molar-refractivity contribution is 5.82. The van der Waals surface area contributed by atoms with Crippen molar-refractivity contribution in [2.24, 2.45) is 4.99 Å². The molecule has 4 nitrogen and oxygen atoms in total. The van der Waals surface area contributed by atoms with Crippen LogP contribution in [0.2, 0.25) is 0 Å². The zero-order chi connectivity index (χ0) is 16.5. The van der Waals surface area contributed by atoms with E-state index in [1.807, 2.05) is 36.4 Å². The van der Waals surface area contributed by atoms with Crippen molar-refractivity contribution in [2.75, 3.05) is 6.61 Å². The minimum absolute atomic E-state index is 0.0312. The summed E-state index contributed by atoms with van der Waals surface area (Å²) in [6.07, 6.45) is 3.99. The van der Waals surface area contributed by atoms with Gasteiger partial charge in [-0.2, -0.15) is 0 Å². The maximum atomic E-state index is 10.6. The number of rotatable bonds is 8. The van der Waals surface area contributed by atoms with Crippen LogP contribution < -0.4 is 4.74 Å². The number of carboxylic acids is 1. The summed E-state index contributed by atoms with van der Waals surface area (Å²) in [6, 6.07) is 15.0. The molecule has 2 aromatic carbocycles. The van der Waals surface area contributed by atoms with Crippen LogP contribution in [0.4, 0.5) is 5.69 Å². The zero-order valence-corrected chi connectivity index (χ0v) is 13.2. The maximum Gasteiger partial charge on any atom is 0.307 e. The van der Waals surface area contributed by atoms with Gasteiger partial charge in [-0.3, -0.25) is 9.79 Å². The molecule has 0 spiro atoms. The number of ether oxygens (including phenoxy) is 1. The van der Waals surface area contributed by atoms with E-state index in [-0.39, 0.29) is 6.42 Å². The van der Waals surface area contributed by atoms with Gasteiger partial charge >= 0.3 is 5.97 Å². The fourth-order valence-electron chi connectivity index (χ4n) is 2.01. The van der Waals surface area contributed by atoms with Crippen molar-refractivity contribution in [3.8, 4) is 5.75 Å². The SMILES string of the molecule is CCCCOc1ccc(/C=N/c2ccc(CC(=O)O)cc2)cc1. The summed E-state index contributed by atoms with van der Waals surface area (Å²) in [6.45, 7) is 2.88. The highest BCUT2D eigenvalue weighted by Crippen LogP contribution is 2.15. The Kier molecular flexibility index (Phi) is 6.36. The number of aliphatic imine (C=N–C) groups is 1. The Bertz CT molecular complexity index is 645. The predicted molar refractivity (Wildman–Crippen MR) is 91.9 cm³/mol. The number of unbranched alkanes of at least 4 members (excludes halogenated alkanes) is 1. The Hall–Kier alpha value is -2.62. The molecule has 2 rings (SSSR count). The van der Waals surface area contributed by atoms with Crippen LogP contribution in [0, 0.1) is 0 Å². The summed E-state index contributed by atoms with van der Waals surface area (Å²) in [4.78, 5) is 15.0. The van der Waals surface area contributed by atoms with Crippen molar-refractivity contribution < 1.29 is 14.6 Å². The minimum Gasteiger partial charge on any atom is -0.494 e. The molecule has 2 aromatic rings. The highest BCUT2D eigenvalue weighted by Gasteiger charge is 1.99. The third kappa shape index (κ3) is 5.94. The van der Waals surface area contributed by atoms with Gasteiger partial charge in [0.2, 0.25) is 0 Å². The molecule has 0 aromatic heterocycles. The summed E-state index contributed by atoms with van der Waals surface area (Å²) in [5.41, 5.74) is 2.55. The van der Waals surface area contributed by atoms with E-state index in [1.54, 1.807) is 18.3 Å². The lowest BCUT2D eigenvalue weighted by Crippen LogP contribution is -1.99. The molecule has 0 atom stereocenters. The van der Waals surface area contributed by atoms with Gasteiger partial charge in [0, 0.05) is 6.21 Å². The van der Waals surface area contributed by atoms with Gasteiger partial charge in [0.25, 0.3) is 0 Å². The van der Waals surface area contributed by atoms with Crippen molar-refractivity contribution in [3.05, 3.63) is 59.7 Å². The second kappa shape index (κ2) is 8.73. The van der Waals surface area contributed by atoms with Gasteiger partial charge in [-0.05, 0) is 53.9 Å². The molecule has 4 heteroatoms. The molecule has 0 saturated carbocycles. The molecular weight excluding hydrogens is 290 g/mol. The summed E-state index contributed by atoms with van der Waals surface area (Å²) >= 11 is 0. The fraction of sp³-hybridized carbons (Fsp3) is 0.263. The van der Waals surface area contributed by atoms with E-state index >= 15 is 0 Å². The molecule has 0 aliphatic rings. The van der Waals surface area contributed by atoms with E-state index in [2.05, 4.69) is 11.9 Å². The van der Waals surface area contributed by atoms with Crippen LogP contribution in [-0.2, 0) is 11.2 Å². The van der Waals surface area contributed by atoms with Crippen LogP contribution in [-0.4, -0.2) is 23.9 Å². The van der Waals surface area contributed by atoms with Gasteiger partial charge in [0.1, 0.15) is 5.75 Å². The largest absolute Gasteiger partial charge is 0.494 e. The summed E-state index contributed by atoms with van der Waals surface area (Å²) < 4.78 is 5.62. The molecule has 0 amide bonds. The summed E-state index contributed by atoms with van der Waals surface area (Å²) in [5.74, 6) is 0.0381. The van der Waals surface area contributed by atoms with Crippen LogP contribution >= 0.6 is 0 Å². The maximum absolute atomic E-state index is 10.6. The monoisotopic (exact) mass is 311 g/mol. The Morgan fingerprint density at radius 3 is 2.43 bits per heavy atom. The zero-order valence-electron chi connectivity index (χ0n) is 13.2. The average molecular weight is 311 g/mol. The van der Waals surface area contributed by atoms with Crippen molar-refractivity contribution >= 4 is 17.9 Å². The van der Waals surface area contributed by atoms with Gasteiger partial charge in [0.05, 0.1) is 18.7 Å². The number of hydrogen-bond donors (Lipinski definition) is 1. The topological polar surface area (TPSA) is 58.9 Å². The van der Waals surface area contributed by atoms with E-state index in [0.29, 0.717) is 0 Å². The van der Waals surface area contributed by atoms with E-state index in [9.17, 15) is 4.79 Å². The fourth-order valence-corrected chi connectivity index (χ4v) is 2.01. The van der Waals surface area contributed by atoms with Crippen LogP contribution in [0.15, 0.2) is 53.5 Å². The van der Waals surface area contributed by atoms with Gasteiger partial charge in [0.15, 0.2) is 0 Å². The molecule has 0 aliphatic heterocycles. The van der Waals surface area contributed by atoms with Gasteiger partial charge in [-0.15, -0.1) is 0 Å².